The van der Waals surface area contributed by atoms with Gasteiger partial charge in [-0.2, -0.15) is 0 Å². The van der Waals surface area contributed by atoms with Crippen molar-refractivity contribution in [3.8, 4) is 0 Å². The van der Waals surface area contributed by atoms with Gasteiger partial charge in [-0.3, -0.25) is 4.79 Å². The Hall–Kier alpha value is -1.36. The lowest BCUT2D eigenvalue weighted by Crippen LogP contribution is -2.42. The predicted octanol–water partition coefficient (Wildman–Crippen LogP) is 1.79. The molecule has 0 radical (unpaired) electrons. The van der Waals surface area contributed by atoms with Gasteiger partial charge in [-0.15, -0.1) is 0 Å². The third kappa shape index (κ3) is 3.46. The van der Waals surface area contributed by atoms with Gasteiger partial charge in [-0.1, -0.05) is 0 Å². The Morgan fingerprint density at radius 1 is 1.38 bits per heavy atom. The largest absolute Gasteiger partial charge is 0.350 e. The number of nitrogens with one attached hydrogen (secondary N) is 1. The molecule has 1 saturated heterocycles. The van der Waals surface area contributed by atoms with Crippen LogP contribution in [0, 0.1) is 5.92 Å². The van der Waals surface area contributed by atoms with Crippen molar-refractivity contribution < 1.29 is 0 Å². The molecule has 116 valence electrons. The first-order valence-electron chi connectivity index (χ1n) is 8.20. The molecule has 2 heterocycles. The van der Waals surface area contributed by atoms with E-state index in [0.717, 1.165) is 25.6 Å². The number of rotatable bonds is 6. The number of aromatic nitrogens is 2. The average Bonchev–Trinajstić information content (AvgIpc) is 3.12. The molecule has 1 aromatic rings. The topological polar surface area (TPSA) is 50.2 Å². The highest BCUT2D eigenvalue weighted by Gasteiger charge is 2.28. The summed E-state index contributed by atoms with van der Waals surface area (Å²) in [5.41, 5.74) is 0.0474. The summed E-state index contributed by atoms with van der Waals surface area (Å²) in [4.78, 5) is 19.3. The Bertz CT molecular complexity index is 529. The van der Waals surface area contributed by atoms with E-state index in [0.29, 0.717) is 11.9 Å². The highest BCUT2D eigenvalue weighted by atomic mass is 16.1. The summed E-state index contributed by atoms with van der Waals surface area (Å²) in [6.07, 6.45) is 8.57. The number of hydrogen-bond donors (Lipinski definition) is 1. The number of hydrogen-bond acceptors (Lipinski definition) is 4. The fraction of sp³-hybridized carbons (Fsp3) is 0.750. The van der Waals surface area contributed by atoms with Crippen LogP contribution in [0.4, 0.5) is 5.82 Å². The third-order valence-corrected chi connectivity index (χ3v) is 4.48. The fourth-order valence-electron chi connectivity index (χ4n) is 3.08. The predicted molar refractivity (Wildman–Crippen MR) is 84.8 cm³/mol. The van der Waals surface area contributed by atoms with Crippen molar-refractivity contribution in [2.75, 3.05) is 24.5 Å². The second-order valence-electron chi connectivity index (χ2n) is 6.70. The van der Waals surface area contributed by atoms with Crippen LogP contribution >= 0.6 is 0 Å². The van der Waals surface area contributed by atoms with E-state index in [1.54, 1.807) is 17.0 Å². The first-order valence-corrected chi connectivity index (χ1v) is 8.20. The molecule has 0 aromatic carbocycles. The van der Waals surface area contributed by atoms with Gasteiger partial charge >= 0.3 is 0 Å². The zero-order valence-corrected chi connectivity index (χ0v) is 13.1. The maximum Gasteiger partial charge on any atom is 0.293 e. The van der Waals surface area contributed by atoms with Gasteiger partial charge < -0.3 is 14.8 Å². The minimum Gasteiger partial charge on any atom is -0.350 e. The lowest BCUT2D eigenvalue weighted by atomic mass is 10.2. The molecule has 2 aliphatic rings. The smallest absolute Gasteiger partial charge is 0.293 e. The number of nitrogens with zero attached hydrogens (tertiary/aromatic N) is 3. The molecule has 1 aliphatic carbocycles. The second kappa shape index (κ2) is 6.18. The van der Waals surface area contributed by atoms with Crippen LogP contribution in [-0.4, -0.2) is 35.2 Å². The molecule has 1 atom stereocenters. The first kappa shape index (κ1) is 14.6. The number of anilines is 1. The van der Waals surface area contributed by atoms with Gasteiger partial charge in [0.1, 0.15) is 0 Å². The summed E-state index contributed by atoms with van der Waals surface area (Å²) in [7, 11) is 0. The van der Waals surface area contributed by atoms with Crippen LogP contribution in [-0.2, 0) is 0 Å². The minimum absolute atomic E-state index is 0.0474. The molecule has 21 heavy (non-hydrogen) atoms. The van der Waals surface area contributed by atoms with Crippen LogP contribution in [0.3, 0.4) is 0 Å². The molecule has 2 fully saturated rings. The van der Waals surface area contributed by atoms with Crippen molar-refractivity contribution in [2.45, 2.75) is 51.6 Å². The van der Waals surface area contributed by atoms with E-state index >= 15 is 0 Å². The SMILES string of the molecule is CC(C)n1ccnc(N(CC2CC2)CC2CCCN2)c1=O. The monoisotopic (exact) mass is 290 g/mol. The van der Waals surface area contributed by atoms with Crippen molar-refractivity contribution in [3.05, 3.63) is 22.7 Å². The summed E-state index contributed by atoms with van der Waals surface area (Å²) >= 11 is 0. The highest BCUT2D eigenvalue weighted by molar-refractivity contribution is 5.36. The zero-order valence-electron chi connectivity index (χ0n) is 13.1. The van der Waals surface area contributed by atoms with Crippen molar-refractivity contribution in [1.82, 2.24) is 14.9 Å². The molecule has 1 unspecified atom stereocenters. The molecular weight excluding hydrogens is 264 g/mol. The Kier molecular flexibility index (Phi) is 4.29. The second-order valence-corrected chi connectivity index (χ2v) is 6.70. The van der Waals surface area contributed by atoms with Crippen LogP contribution < -0.4 is 15.8 Å². The molecule has 0 bridgehead atoms. The molecule has 5 heteroatoms. The van der Waals surface area contributed by atoms with E-state index in [1.165, 1.54) is 25.7 Å². The Morgan fingerprint density at radius 2 is 2.19 bits per heavy atom. The van der Waals surface area contributed by atoms with E-state index in [2.05, 4.69) is 15.2 Å². The molecular formula is C16H26N4O. The molecule has 1 N–H and O–H groups in total. The third-order valence-electron chi connectivity index (χ3n) is 4.48. The van der Waals surface area contributed by atoms with Crippen LogP contribution in [0.15, 0.2) is 17.2 Å². The molecule has 1 saturated carbocycles. The van der Waals surface area contributed by atoms with Crippen molar-refractivity contribution in [2.24, 2.45) is 5.92 Å². The van der Waals surface area contributed by atoms with E-state index in [9.17, 15) is 4.79 Å². The molecule has 3 rings (SSSR count). The Morgan fingerprint density at radius 3 is 2.81 bits per heavy atom. The maximum atomic E-state index is 12.7. The lowest BCUT2D eigenvalue weighted by Gasteiger charge is -2.27. The minimum atomic E-state index is 0.0474. The van der Waals surface area contributed by atoms with Crippen molar-refractivity contribution in [1.29, 1.82) is 0 Å². The van der Waals surface area contributed by atoms with Gasteiger partial charge in [0.25, 0.3) is 5.56 Å². The standard InChI is InChI=1S/C16H26N4O/c1-12(2)20-9-8-18-15(16(20)21)19(10-13-5-6-13)11-14-4-3-7-17-14/h8-9,12-14,17H,3-7,10-11H2,1-2H3. The van der Waals surface area contributed by atoms with E-state index in [-0.39, 0.29) is 11.6 Å². The molecule has 1 aliphatic heterocycles. The Balaban J connectivity index is 1.84. The highest BCUT2D eigenvalue weighted by Crippen LogP contribution is 2.30. The summed E-state index contributed by atoms with van der Waals surface area (Å²) < 4.78 is 1.78. The maximum absolute atomic E-state index is 12.7. The van der Waals surface area contributed by atoms with Gasteiger partial charge in [0.2, 0.25) is 0 Å². The molecule has 0 spiro atoms. The van der Waals surface area contributed by atoms with Gasteiger partial charge in [0, 0.05) is 37.6 Å². The fourth-order valence-corrected chi connectivity index (χ4v) is 3.08. The van der Waals surface area contributed by atoms with Gasteiger partial charge in [0.15, 0.2) is 5.82 Å². The normalized spacial score (nSPS) is 22.0. The Labute approximate surface area is 126 Å². The summed E-state index contributed by atoms with van der Waals surface area (Å²) in [6, 6.07) is 0.671. The van der Waals surface area contributed by atoms with Crippen molar-refractivity contribution >= 4 is 5.82 Å². The van der Waals surface area contributed by atoms with Crippen LogP contribution in [0.2, 0.25) is 0 Å². The molecule has 5 nitrogen and oxygen atoms in total. The van der Waals surface area contributed by atoms with E-state index in [1.807, 2.05) is 13.8 Å². The van der Waals surface area contributed by atoms with Crippen LogP contribution in [0.25, 0.3) is 0 Å². The molecule has 0 amide bonds. The van der Waals surface area contributed by atoms with Crippen LogP contribution in [0.5, 0.6) is 0 Å². The average molecular weight is 290 g/mol. The molecule has 1 aromatic heterocycles. The zero-order chi connectivity index (χ0) is 14.8. The van der Waals surface area contributed by atoms with E-state index < -0.39 is 0 Å². The van der Waals surface area contributed by atoms with Gasteiger partial charge in [-0.25, -0.2) is 4.98 Å². The van der Waals surface area contributed by atoms with Crippen molar-refractivity contribution in [3.63, 3.8) is 0 Å². The summed E-state index contributed by atoms with van der Waals surface area (Å²) in [5, 5.41) is 3.53. The van der Waals surface area contributed by atoms with Crippen LogP contribution in [0.1, 0.15) is 45.6 Å². The lowest BCUT2D eigenvalue weighted by molar-refractivity contribution is 0.547. The van der Waals surface area contributed by atoms with Gasteiger partial charge in [-0.05, 0) is 52.0 Å². The quantitative estimate of drug-likeness (QED) is 0.868. The summed E-state index contributed by atoms with van der Waals surface area (Å²) in [5.74, 6) is 1.38. The summed E-state index contributed by atoms with van der Waals surface area (Å²) in [6.45, 7) is 7.05. The first-order chi connectivity index (χ1) is 10.1. The van der Waals surface area contributed by atoms with Gasteiger partial charge in [0.05, 0.1) is 0 Å². The van der Waals surface area contributed by atoms with E-state index in [4.69, 9.17) is 0 Å².